The minimum atomic E-state index is -3.61. The van der Waals surface area contributed by atoms with Crippen molar-refractivity contribution < 1.29 is 12.9 Å². The average Bonchev–Trinajstić information content (AvgIpc) is 3.24. The van der Waals surface area contributed by atoms with Gasteiger partial charge in [-0.25, -0.2) is 8.42 Å². The summed E-state index contributed by atoms with van der Waals surface area (Å²) in [7, 11) is -3.61. The Morgan fingerprint density at radius 2 is 1.69 bits per heavy atom. The van der Waals surface area contributed by atoms with E-state index in [0.717, 1.165) is 30.4 Å². The van der Waals surface area contributed by atoms with Gasteiger partial charge in [0.2, 0.25) is 15.8 Å². The quantitative estimate of drug-likeness (QED) is 0.659. The number of benzene rings is 2. The Kier molecular flexibility index (Phi) is 6.69. The molecule has 1 saturated heterocycles. The van der Waals surface area contributed by atoms with E-state index in [1.807, 2.05) is 24.3 Å². The van der Waals surface area contributed by atoms with Gasteiger partial charge in [0.05, 0.1) is 10.5 Å². The van der Waals surface area contributed by atoms with Crippen LogP contribution in [0.3, 0.4) is 0 Å². The Bertz CT molecular complexity index is 1060. The third kappa shape index (κ3) is 4.35. The van der Waals surface area contributed by atoms with E-state index in [9.17, 15) is 8.42 Å². The van der Waals surface area contributed by atoms with Crippen molar-refractivity contribution in [1.82, 2.24) is 14.4 Å². The van der Waals surface area contributed by atoms with Gasteiger partial charge in [-0.1, -0.05) is 48.0 Å². The third-order valence-corrected chi connectivity index (χ3v) is 6.88. The van der Waals surface area contributed by atoms with Crippen LogP contribution < -0.4 is 5.73 Å². The summed E-state index contributed by atoms with van der Waals surface area (Å²) in [5.41, 5.74) is 7.83. The lowest BCUT2D eigenvalue weighted by molar-refractivity contribution is 0.346. The number of rotatable bonds is 5. The van der Waals surface area contributed by atoms with Gasteiger partial charge < -0.3 is 10.3 Å². The van der Waals surface area contributed by atoms with Crippen LogP contribution in [0.15, 0.2) is 57.9 Å². The van der Waals surface area contributed by atoms with Crippen LogP contribution in [0.25, 0.3) is 22.8 Å². The number of hydrogen-bond donors (Lipinski definition) is 1. The average molecular weight is 435 g/mol. The highest BCUT2D eigenvalue weighted by atomic mass is 35.5. The number of piperidine rings is 1. The highest BCUT2D eigenvalue weighted by molar-refractivity contribution is 7.89. The van der Waals surface area contributed by atoms with Crippen LogP contribution in [-0.2, 0) is 16.6 Å². The van der Waals surface area contributed by atoms with E-state index in [1.54, 1.807) is 24.3 Å². The molecule has 0 radical (unpaired) electrons. The molecule has 7 nitrogen and oxygen atoms in total. The zero-order chi connectivity index (χ0) is 19.6. The van der Waals surface area contributed by atoms with E-state index in [2.05, 4.69) is 10.1 Å². The van der Waals surface area contributed by atoms with Gasteiger partial charge in [-0.05, 0) is 30.5 Å². The zero-order valence-electron chi connectivity index (χ0n) is 15.8. The Labute approximate surface area is 176 Å². The van der Waals surface area contributed by atoms with Crippen LogP contribution in [0.5, 0.6) is 0 Å². The molecule has 4 rings (SSSR count). The minimum Gasteiger partial charge on any atom is -0.334 e. The van der Waals surface area contributed by atoms with Crippen molar-refractivity contribution in [1.29, 1.82) is 0 Å². The Morgan fingerprint density at radius 3 is 2.38 bits per heavy atom. The van der Waals surface area contributed by atoms with Gasteiger partial charge in [-0.2, -0.15) is 9.29 Å². The summed E-state index contributed by atoms with van der Waals surface area (Å²) in [5.74, 6) is 0.595. The van der Waals surface area contributed by atoms with Gasteiger partial charge in [0.25, 0.3) is 5.89 Å². The first-order chi connectivity index (χ1) is 13.6. The lowest BCUT2D eigenvalue weighted by atomic mass is 10.1. The molecule has 0 atom stereocenters. The topological polar surface area (TPSA) is 102 Å². The summed E-state index contributed by atoms with van der Waals surface area (Å²) in [5, 5.41) is 4.03. The van der Waals surface area contributed by atoms with E-state index in [4.69, 9.17) is 10.3 Å². The third-order valence-electron chi connectivity index (χ3n) is 4.92. The number of hydrogen-bond acceptors (Lipinski definition) is 6. The second-order valence-corrected chi connectivity index (χ2v) is 8.69. The molecule has 2 N–H and O–H groups in total. The van der Waals surface area contributed by atoms with Gasteiger partial charge in [0, 0.05) is 25.2 Å². The van der Waals surface area contributed by atoms with Crippen molar-refractivity contribution >= 4 is 22.4 Å². The van der Waals surface area contributed by atoms with Gasteiger partial charge >= 0.3 is 0 Å². The molecule has 1 aliphatic heterocycles. The summed E-state index contributed by atoms with van der Waals surface area (Å²) >= 11 is 0. The standard InChI is InChI=1S/C20H22N4O3S.ClH/c21-14-15-8-10-16(11-9-15)19-22-20(27-23-19)17-6-2-3-7-18(17)28(25,26)24-12-4-1-5-13-24;/h2-3,6-11H,1,4-5,12-14,21H2;1H. The second kappa shape index (κ2) is 9.04. The molecule has 0 aliphatic carbocycles. The van der Waals surface area contributed by atoms with Crippen molar-refractivity contribution in [3.05, 3.63) is 54.1 Å². The van der Waals surface area contributed by atoms with Crippen molar-refractivity contribution in [2.45, 2.75) is 30.7 Å². The maximum Gasteiger partial charge on any atom is 0.259 e. The fourth-order valence-corrected chi connectivity index (χ4v) is 5.05. The van der Waals surface area contributed by atoms with Crippen molar-refractivity contribution in [3.63, 3.8) is 0 Å². The maximum absolute atomic E-state index is 13.2. The normalized spacial score (nSPS) is 15.1. The molecule has 0 spiro atoms. The molecule has 0 saturated carbocycles. The molecule has 2 aromatic carbocycles. The molecule has 2 heterocycles. The van der Waals surface area contributed by atoms with Crippen molar-refractivity contribution in [2.24, 2.45) is 5.73 Å². The van der Waals surface area contributed by atoms with Crippen LogP contribution in [0.4, 0.5) is 0 Å². The van der Waals surface area contributed by atoms with Crippen LogP contribution in [-0.4, -0.2) is 36.0 Å². The van der Waals surface area contributed by atoms with E-state index in [1.165, 1.54) is 4.31 Å². The number of aromatic nitrogens is 2. The maximum atomic E-state index is 13.2. The minimum absolute atomic E-state index is 0. The van der Waals surface area contributed by atoms with E-state index >= 15 is 0 Å². The molecule has 1 aromatic heterocycles. The summed E-state index contributed by atoms with van der Waals surface area (Å²) in [4.78, 5) is 4.63. The molecular weight excluding hydrogens is 412 g/mol. The highest BCUT2D eigenvalue weighted by Crippen LogP contribution is 2.31. The summed E-state index contributed by atoms with van der Waals surface area (Å²) < 4.78 is 33.3. The van der Waals surface area contributed by atoms with E-state index in [0.29, 0.717) is 31.0 Å². The molecule has 3 aromatic rings. The number of nitrogens with zero attached hydrogens (tertiary/aromatic N) is 3. The zero-order valence-corrected chi connectivity index (χ0v) is 17.5. The van der Waals surface area contributed by atoms with Crippen LogP contribution in [0, 0.1) is 0 Å². The van der Waals surface area contributed by atoms with Crippen LogP contribution >= 0.6 is 12.4 Å². The SMILES string of the molecule is Cl.NCc1ccc(-c2noc(-c3ccccc3S(=O)(=O)N3CCCCC3)n2)cc1. The molecule has 0 bridgehead atoms. The summed E-state index contributed by atoms with van der Waals surface area (Å²) in [6, 6.07) is 14.3. The first-order valence-electron chi connectivity index (χ1n) is 9.32. The largest absolute Gasteiger partial charge is 0.334 e. The molecule has 9 heteroatoms. The van der Waals surface area contributed by atoms with E-state index < -0.39 is 10.0 Å². The summed E-state index contributed by atoms with van der Waals surface area (Å²) in [6.45, 7) is 1.54. The highest BCUT2D eigenvalue weighted by Gasteiger charge is 2.29. The fourth-order valence-electron chi connectivity index (χ4n) is 3.35. The first-order valence-corrected chi connectivity index (χ1v) is 10.8. The number of halogens is 1. The second-order valence-electron chi connectivity index (χ2n) is 6.79. The van der Waals surface area contributed by atoms with Gasteiger partial charge in [0.1, 0.15) is 0 Å². The molecule has 0 unspecified atom stereocenters. The predicted octanol–water partition coefficient (Wildman–Crippen LogP) is 3.46. The lowest BCUT2D eigenvalue weighted by Crippen LogP contribution is -2.35. The fraction of sp³-hybridized carbons (Fsp3) is 0.300. The Balaban J connectivity index is 0.00000240. The van der Waals surface area contributed by atoms with Crippen LogP contribution in [0.2, 0.25) is 0 Å². The molecular formula is C20H23ClN4O3S. The number of nitrogens with two attached hydrogens (primary N) is 1. The molecule has 0 amide bonds. The smallest absolute Gasteiger partial charge is 0.259 e. The van der Waals surface area contributed by atoms with E-state index in [-0.39, 0.29) is 23.2 Å². The van der Waals surface area contributed by atoms with Crippen molar-refractivity contribution in [3.8, 4) is 22.8 Å². The molecule has 1 fully saturated rings. The molecule has 29 heavy (non-hydrogen) atoms. The van der Waals surface area contributed by atoms with Gasteiger partial charge in [-0.3, -0.25) is 0 Å². The van der Waals surface area contributed by atoms with Crippen molar-refractivity contribution in [2.75, 3.05) is 13.1 Å². The van der Waals surface area contributed by atoms with Gasteiger partial charge in [0.15, 0.2) is 0 Å². The Hall–Kier alpha value is -2.26. The first kappa shape index (κ1) is 21.4. The predicted molar refractivity (Wildman–Crippen MR) is 113 cm³/mol. The number of sulfonamides is 1. The van der Waals surface area contributed by atoms with Crippen LogP contribution in [0.1, 0.15) is 24.8 Å². The summed E-state index contributed by atoms with van der Waals surface area (Å²) in [6.07, 6.45) is 2.82. The molecule has 154 valence electrons. The van der Waals surface area contributed by atoms with Gasteiger partial charge in [-0.15, -0.1) is 12.4 Å². The lowest BCUT2D eigenvalue weighted by Gasteiger charge is -2.26. The molecule has 1 aliphatic rings. The monoisotopic (exact) mass is 434 g/mol. The Morgan fingerprint density at radius 1 is 1.00 bits per heavy atom.